The van der Waals surface area contributed by atoms with Crippen LogP contribution in [0.15, 0.2) is 38.1 Å². The number of aryl methyl sites for hydroxylation is 2. The lowest BCUT2D eigenvalue weighted by Gasteiger charge is -2.13. The zero-order valence-electron chi connectivity index (χ0n) is 12.4. The largest absolute Gasteiger partial charge is 0.438 e. The summed E-state index contributed by atoms with van der Waals surface area (Å²) in [6.07, 6.45) is 4.26. The Morgan fingerprint density at radius 3 is 2.62 bits per heavy atom. The molecular weight excluding hydrogens is 328 g/mol. The number of furan rings is 1. The van der Waals surface area contributed by atoms with E-state index in [2.05, 4.69) is 51.8 Å². The third-order valence-corrected chi connectivity index (χ3v) is 4.48. The van der Waals surface area contributed by atoms with Gasteiger partial charge >= 0.3 is 0 Å². The van der Waals surface area contributed by atoms with Crippen LogP contribution in [0.1, 0.15) is 29.7 Å². The zero-order valence-corrected chi connectivity index (χ0v) is 14.0. The second-order valence-corrected chi connectivity index (χ2v) is 6.38. The van der Waals surface area contributed by atoms with E-state index in [1.54, 1.807) is 6.21 Å². The molecule has 4 heteroatoms. The third kappa shape index (κ3) is 3.21. The Morgan fingerprint density at radius 1 is 1.14 bits per heavy atom. The highest BCUT2D eigenvalue weighted by Crippen LogP contribution is 2.32. The van der Waals surface area contributed by atoms with Crippen LogP contribution in [0.25, 0.3) is 0 Å². The van der Waals surface area contributed by atoms with Gasteiger partial charge in [0.15, 0.2) is 0 Å². The molecule has 0 atom stereocenters. The molecule has 2 heterocycles. The van der Waals surface area contributed by atoms with Gasteiger partial charge in [-0.2, -0.15) is 0 Å². The summed E-state index contributed by atoms with van der Waals surface area (Å²) in [4.78, 5) is 6.78. The van der Waals surface area contributed by atoms with Gasteiger partial charge in [-0.25, -0.2) is 0 Å². The Bertz CT molecular complexity index is 669. The van der Waals surface area contributed by atoms with E-state index in [9.17, 15) is 0 Å². The fourth-order valence-corrected chi connectivity index (χ4v) is 3.08. The number of nitrogens with zero attached hydrogens (tertiary/aromatic N) is 2. The maximum absolute atomic E-state index is 5.90. The van der Waals surface area contributed by atoms with E-state index in [1.807, 2.05) is 12.1 Å². The SMILES string of the molecule is Cc1ccc(N=Cc2cc(Br)c(N3CCCC3)o2)cc1C. The van der Waals surface area contributed by atoms with Crippen LogP contribution in [0.4, 0.5) is 11.6 Å². The minimum atomic E-state index is 0.780. The first-order chi connectivity index (χ1) is 10.1. The molecule has 0 N–H and O–H groups in total. The lowest BCUT2D eigenvalue weighted by Crippen LogP contribution is -2.17. The first-order valence-corrected chi connectivity index (χ1v) is 8.08. The predicted octanol–water partition coefficient (Wildman–Crippen LogP) is 5.01. The average Bonchev–Trinajstić information content (AvgIpc) is 3.09. The summed E-state index contributed by atoms with van der Waals surface area (Å²) in [5.41, 5.74) is 3.49. The summed E-state index contributed by atoms with van der Waals surface area (Å²) in [6, 6.07) is 8.19. The number of hydrogen-bond acceptors (Lipinski definition) is 3. The quantitative estimate of drug-likeness (QED) is 0.730. The summed E-state index contributed by atoms with van der Waals surface area (Å²) in [5.74, 6) is 1.70. The summed E-state index contributed by atoms with van der Waals surface area (Å²) in [7, 11) is 0. The van der Waals surface area contributed by atoms with Crippen LogP contribution in [0, 0.1) is 13.8 Å². The zero-order chi connectivity index (χ0) is 14.8. The second kappa shape index (κ2) is 6.06. The van der Waals surface area contributed by atoms with E-state index < -0.39 is 0 Å². The average molecular weight is 347 g/mol. The molecule has 0 amide bonds. The van der Waals surface area contributed by atoms with Crippen molar-refractivity contribution < 1.29 is 4.42 Å². The first kappa shape index (κ1) is 14.4. The van der Waals surface area contributed by atoms with Crippen LogP contribution in [-0.4, -0.2) is 19.3 Å². The van der Waals surface area contributed by atoms with Crippen LogP contribution in [0.2, 0.25) is 0 Å². The van der Waals surface area contributed by atoms with Crippen LogP contribution in [0.5, 0.6) is 0 Å². The Balaban J connectivity index is 1.79. The summed E-state index contributed by atoms with van der Waals surface area (Å²) < 4.78 is 6.91. The van der Waals surface area contributed by atoms with Gasteiger partial charge in [-0.3, -0.25) is 4.99 Å². The van der Waals surface area contributed by atoms with Gasteiger partial charge in [0.1, 0.15) is 5.76 Å². The molecule has 0 saturated carbocycles. The third-order valence-electron chi connectivity index (χ3n) is 3.91. The van der Waals surface area contributed by atoms with Crippen LogP contribution in [-0.2, 0) is 0 Å². The number of rotatable bonds is 3. The normalized spacial score (nSPS) is 15.3. The summed E-state index contributed by atoms with van der Waals surface area (Å²) in [5, 5.41) is 0. The van der Waals surface area contributed by atoms with Gasteiger partial charge < -0.3 is 9.32 Å². The van der Waals surface area contributed by atoms with Crippen molar-refractivity contribution in [2.75, 3.05) is 18.0 Å². The van der Waals surface area contributed by atoms with Crippen molar-refractivity contribution in [2.24, 2.45) is 4.99 Å². The highest BCUT2D eigenvalue weighted by molar-refractivity contribution is 9.10. The fourth-order valence-electron chi connectivity index (χ4n) is 2.52. The molecule has 1 aromatic carbocycles. The number of benzene rings is 1. The van der Waals surface area contributed by atoms with Crippen LogP contribution >= 0.6 is 15.9 Å². The predicted molar refractivity (Wildman–Crippen MR) is 91.0 cm³/mol. The number of halogens is 1. The van der Waals surface area contributed by atoms with Crippen molar-refractivity contribution in [3.05, 3.63) is 45.6 Å². The molecule has 1 aliphatic heterocycles. The molecule has 0 aliphatic carbocycles. The van der Waals surface area contributed by atoms with E-state index in [4.69, 9.17) is 4.42 Å². The molecule has 3 rings (SSSR count). The molecule has 21 heavy (non-hydrogen) atoms. The number of anilines is 1. The van der Waals surface area contributed by atoms with Crippen LogP contribution < -0.4 is 4.90 Å². The van der Waals surface area contributed by atoms with Crippen LogP contribution in [0.3, 0.4) is 0 Å². The summed E-state index contributed by atoms with van der Waals surface area (Å²) >= 11 is 3.58. The van der Waals surface area contributed by atoms with Gasteiger partial charge in [0.2, 0.25) is 5.88 Å². The maximum atomic E-state index is 5.90. The van der Waals surface area contributed by atoms with E-state index in [0.717, 1.165) is 34.9 Å². The lowest BCUT2D eigenvalue weighted by atomic mass is 10.1. The van der Waals surface area contributed by atoms with Crippen molar-refractivity contribution in [1.29, 1.82) is 0 Å². The van der Waals surface area contributed by atoms with E-state index in [0.29, 0.717) is 0 Å². The Morgan fingerprint density at radius 2 is 1.90 bits per heavy atom. The van der Waals surface area contributed by atoms with Gasteiger partial charge in [0.05, 0.1) is 16.4 Å². The van der Waals surface area contributed by atoms with E-state index in [-0.39, 0.29) is 0 Å². The minimum absolute atomic E-state index is 0.780. The first-order valence-electron chi connectivity index (χ1n) is 7.29. The molecule has 1 fully saturated rings. The molecule has 1 saturated heterocycles. The Hall–Kier alpha value is -1.55. The molecule has 0 radical (unpaired) electrons. The van der Waals surface area contributed by atoms with Crippen molar-refractivity contribution >= 4 is 33.7 Å². The summed E-state index contributed by atoms with van der Waals surface area (Å²) in [6.45, 7) is 6.35. The second-order valence-electron chi connectivity index (χ2n) is 5.52. The molecule has 110 valence electrons. The standard InChI is InChI=1S/C17H19BrN2O/c1-12-5-6-14(9-13(12)2)19-11-15-10-16(18)17(21-15)20-7-3-4-8-20/h5-6,9-11H,3-4,7-8H2,1-2H3. The molecule has 0 bridgehead atoms. The Labute approximate surface area is 133 Å². The highest BCUT2D eigenvalue weighted by atomic mass is 79.9. The monoisotopic (exact) mass is 346 g/mol. The Kier molecular flexibility index (Phi) is 4.15. The van der Waals surface area contributed by atoms with Gasteiger partial charge in [0.25, 0.3) is 0 Å². The smallest absolute Gasteiger partial charge is 0.210 e. The number of aliphatic imine (C=N–C) groups is 1. The van der Waals surface area contributed by atoms with Crippen molar-refractivity contribution in [3.8, 4) is 0 Å². The maximum Gasteiger partial charge on any atom is 0.210 e. The van der Waals surface area contributed by atoms with Gasteiger partial charge in [0, 0.05) is 19.2 Å². The molecule has 2 aromatic rings. The minimum Gasteiger partial charge on any atom is -0.438 e. The topological polar surface area (TPSA) is 28.7 Å². The van der Waals surface area contributed by atoms with E-state index >= 15 is 0 Å². The van der Waals surface area contributed by atoms with Crippen molar-refractivity contribution in [1.82, 2.24) is 0 Å². The van der Waals surface area contributed by atoms with Crippen molar-refractivity contribution in [2.45, 2.75) is 26.7 Å². The van der Waals surface area contributed by atoms with Gasteiger partial charge in [-0.1, -0.05) is 6.07 Å². The molecule has 0 spiro atoms. The highest BCUT2D eigenvalue weighted by Gasteiger charge is 2.19. The van der Waals surface area contributed by atoms with Crippen molar-refractivity contribution in [3.63, 3.8) is 0 Å². The molecule has 1 aliphatic rings. The molecule has 1 aromatic heterocycles. The fraction of sp³-hybridized carbons (Fsp3) is 0.353. The number of hydrogen-bond donors (Lipinski definition) is 0. The lowest BCUT2D eigenvalue weighted by molar-refractivity contribution is 0.549. The van der Waals surface area contributed by atoms with Gasteiger partial charge in [-0.15, -0.1) is 0 Å². The molecule has 3 nitrogen and oxygen atoms in total. The molecular formula is C17H19BrN2O. The van der Waals surface area contributed by atoms with Gasteiger partial charge in [-0.05, 0) is 65.9 Å². The molecule has 0 unspecified atom stereocenters. The van der Waals surface area contributed by atoms with E-state index in [1.165, 1.54) is 24.0 Å².